The Kier molecular flexibility index (Phi) is 2.62. The molecule has 1 aromatic heterocycles. The normalized spacial score (nSPS) is 12.5. The van der Waals surface area contributed by atoms with Gasteiger partial charge < -0.3 is 10.8 Å². The molecular formula is C7H7ClN2O2. The predicted octanol–water partition coefficient (Wildman–Crippen LogP) is 0.819. The molecule has 0 aliphatic rings. The summed E-state index contributed by atoms with van der Waals surface area (Å²) >= 11 is 5.50. The Balaban J connectivity index is 2.89. The standard InChI is InChI=1S/C7H7ClN2O2/c8-5-2-1-4(3-10-5)6(9)7(11)12/h1-3,6H,9H2,(H,11,12)/t6-/m0/s1. The van der Waals surface area contributed by atoms with Crippen LogP contribution in [0.5, 0.6) is 0 Å². The molecule has 64 valence electrons. The third kappa shape index (κ3) is 1.93. The van der Waals surface area contributed by atoms with E-state index in [1.807, 2.05) is 0 Å². The maximum absolute atomic E-state index is 10.4. The Morgan fingerprint density at radius 2 is 2.33 bits per heavy atom. The van der Waals surface area contributed by atoms with Crippen LogP contribution >= 0.6 is 11.6 Å². The Morgan fingerprint density at radius 3 is 2.75 bits per heavy atom. The molecule has 1 heterocycles. The van der Waals surface area contributed by atoms with E-state index in [9.17, 15) is 4.79 Å². The van der Waals surface area contributed by atoms with Crippen LogP contribution < -0.4 is 5.73 Å². The van der Waals surface area contributed by atoms with E-state index in [0.717, 1.165) is 0 Å². The van der Waals surface area contributed by atoms with Crippen LogP contribution in [0, 0.1) is 0 Å². The van der Waals surface area contributed by atoms with Gasteiger partial charge in [-0.05, 0) is 11.6 Å². The van der Waals surface area contributed by atoms with E-state index in [-0.39, 0.29) is 0 Å². The lowest BCUT2D eigenvalue weighted by Gasteiger charge is -2.04. The summed E-state index contributed by atoms with van der Waals surface area (Å²) in [6.45, 7) is 0. The first kappa shape index (κ1) is 8.96. The van der Waals surface area contributed by atoms with Crippen molar-refractivity contribution in [1.29, 1.82) is 0 Å². The Hall–Kier alpha value is -1.13. The van der Waals surface area contributed by atoms with Crippen LogP contribution in [0.3, 0.4) is 0 Å². The average molecular weight is 187 g/mol. The van der Waals surface area contributed by atoms with Crippen molar-refractivity contribution in [2.24, 2.45) is 5.73 Å². The van der Waals surface area contributed by atoms with Gasteiger partial charge in [-0.1, -0.05) is 17.7 Å². The zero-order valence-corrected chi connectivity index (χ0v) is 6.82. The molecule has 1 aromatic rings. The lowest BCUT2D eigenvalue weighted by atomic mass is 10.1. The van der Waals surface area contributed by atoms with Crippen molar-refractivity contribution < 1.29 is 9.90 Å². The van der Waals surface area contributed by atoms with Crippen LogP contribution in [-0.2, 0) is 4.79 Å². The third-order valence-corrected chi connectivity index (χ3v) is 1.60. The SMILES string of the molecule is N[C@H](C(=O)O)c1ccc(Cl)nc1. The van der Waals surface area contributed by atoms with Crippen molar-refractivity contribution in [2.45, 2.75) is 6.04 Å². The van der Waals surface area contributed by atoms with Gasteiger partial charge in [0, 0.05) is 6.20 Å². The van der Waals surface area contributed by atoms with E-state index < -0.39 is 12.0 Å². The molecule has 0 radical (unpaired) electrons. The second-order valence-electron chi connectivity index (χ2n) is 2.23. The average Bonchev–Trinajstić information content (AvgIpc) is 2.04. The number of aliphatic carboxylic acids is 1. The molecule has 0 bridgehead atoms. The van der Waals surface area contributed by atoms with Crippen LogP contribution in [-0.4, -0.2) is 16.1 Å². The molecule has 0 aliphatic carbocycles. The number of carbonyl (C=O) groups is 1. The lowest BCUT2D eigenvalue weighted by Crippen LogP contribution is -2.20. The number of nitrogens with two attached hydrogens (primary N) is 1. The van der Waals surface area contributed by atoms with Gasteiger partial charge in [-0.15, -0.1) is 0 Å². The molecule has 0 fully saturated rings. The van der Waals surface area contributed by atoms with Crippen LogP contribution in [0.15, 0.2) is 18.3 Å². The summed E-state index contributed by atoms with van der Waals surface area (Å²) in [6, 6.07) is 2.00. The molecular weight excluding hydrogens is 180 g/mol. The number of hydrogen-bond donors (Lipinski definition) is 2. The largest absolute Gasteiger partial charge is 0.480 e. The molecule has 1 atom stereocenters. The summed E-state index contributed by atoms with van der Waals surface area (Å²) in [5.41, 5.74) is 5.74. The van der Waals surface area contributed by atoms with Gasteiger partial charge in [0.15, 0.2) is 0 Å². The van der Waals surface area contributed by atoms with Crippen LogP contribution in [0.1, 0.15) is 11.6 Å². The van der Waals surface area contributed by atoms with Gasteiger partial charge in [0.1, 0.15) is 11.2 Å². The minimum Gasteiger partial charge on any atom is -0.480 e. The molecule has 0 spiro atoms. The van der Waals surface area contributed by atoms with E-state index in [2.05, 4.69) is 4.98 Å². The van der Waals surface area contributed by atoms with Gasteiger partial charge in [-0.3, -0.25) is 4.79 Å². The monoisotopic (exact) mass is 186 g/mol. The fourth-order valence-corrected chi connectivity index (χ4v) is 0.826. The van der Waals surface area contributed by atoms with E-state index in [0.29, 0.717) is 10.7 Å². The zero-order chi connectivity index (χ0) is 9.14. The van der Waals surface area contributed by atoms with Crippen molar-refractivity contribution in [3.63, 3.8) is 0 Å². The number of aromatic nitrogens is 1. The first-order valence-electron chi connectivity index (χ1n) is 3.21. The topological polar surface area (TPSA) is 76.2 Å². The highest BCUT2D eigenvalue weighted by atomic mass is 35.5. The molecule has 4 nitrogen and oxygen atoms in total. The molecule has 12 heavy (non-hydrogen) atoms. The first-order chi connectivity index (χ1) is 5.61. The van der Waals surface area contributed by atoms with Crippen LogP contribution in [0.4, 0.5) is 0 Å². The molecule has 0 aromatic carbocycles. The summed E-state index contributed by atoms with van der Waals surface area (Å²) in [6.07, 6.45) is 1.35. The highest BCUT2D eigenvalue weighted by Crippen LogP contribution is 2.11. The van der Waals surface area contributed by atoms with E-state index in [1.165, 1.54) is 18.3 Å². The Labute approximate surface area is 74.0 Å². The van der Waals surface area contributed by atoms with Gasteiger partial charge in [-0.2, -0.15) is 0 Å². The fraction of sp³-hybridized carbons (Fsp3) is 0.143. The molecule has 0 saturated carbocycles. The number of carboxylic acids is 1. The number of nitrogens with zero attached hydrogens (tertiary/aromatic N) is 1. The van der Waals surface area contributed by atoms with Crippen LogP contribution in [0.2, 0.25) is 5.15 Å². The zero-order valence-electron chi connectivity index (χ0n) is 6.07. The summed E-state index contributed by atoms with van der Waals surface area (Å²) in [5, 5.41) is 8.84. The van der Waals surface area contributed by atoms with Gasteiger partial charge in [0.25, 0.3) is 0 Å². The minimum atomic E-state index is -1.08. The van der Waals surface area contributed by atoms with Gasteiger partial charge in [0.2, 0.25) is 0 Å². The molecule has 1 rings (SSSR count). The van der Waals surface area contributed by atoms with Crippen molar-refractivity contribution in [3.8, 4) is 0 Å². The van der Waals surface area contributed by atoms with Gasteiger partial charge >= 0.3 is 5.97 Å². The van der Waals surface area contributed by atoms with Crippen molar-refractivity contribution >= 4 is 17.6 Å². The van der Waals surface area contributed by atoms with Gasteiger partial charge in [-0.25, -0.2) is 4.98 Å². The third-order valence-electron chi connectivity index (χ3n) is 1.38. The second-order valence-corrected chi connectivity index (χ2v) is 2.62. The second kappa shape index (κ2) is 3.51. The molecule has 0 saturated heterocycles. The highest BCUT2D eigenvalue weighted by molar-refractivity contribution is 6.29. The minimum absolute atomic E-state index is 0.316. The summed E-state index contributed by atoms with van der Waals surface area (Å²) < 4.78 is 0. The fourth-order valence-electron chi connectivity index (χ4n) is 0.714. The highest BCUT2D eigenvalue weighted by Gasteiger charge is 2.13. The number of hydrogen-bond acceptors (Lipinski definition) is 3. The Morgan fingerprint density at radius 1 is 1.67 bits per heavy atom. The molecule has 0 aliphatic heterocycles. The van der Waals surface area contributed by atoms with Crippen molar-refractivity contribution in [2.75, 3.05) is 0 Å². The molecule has 3 N–H and O–H groups in total. The molecule has 5 heteroatoms. The summed E-state index contributed by atoms with van der Waals surface area (Å²) in [5.74, 6) is -1.08. The van der Waals surface area contributed by atoms with Crippen molar-refractivity contribution in [3.05, 3.63) is 29.0 Å². The molecule has 0 amide bonds. The first-order valence-corrected chi connectivity index (χ1v) is 3.59. The van der Waals surface area contributed by atoms with E-state index in [1.54, 1.807) is 0 Å². The van der Waals surface area contributed by atoms with Gasteiger partial charge in [0.05, 0.1) is 0 Å². The summed E-state index contributed by atoms with van der Waals surface area (Å²) in [7, 11) is 0. The number of pyridine rings is 1. The molecule has 0 unspecified atom stereocenters. The van der Waals surface area contributed by atoms with E-state index >= 15 is 0 Å². The Bertz CT molecular complexity index is 286. The number of carboxylic acid groups (broad SMARTS) is 1. The smallest absolute Gasteiger partial charge is 0.325 e. The predicted molar refractivity (Wildman–Crippen MR) is 43.8 cm³/mol. The van der Waals surface area contributed by atoms with E-state index in [4.69, 9.17) is 22.4 Å². The van der Waals surface area contributed by atoms with Crippen LogP contribution in [0.25, 0.3) is 0 Å². The summed E-state index contributed by atoms with van der Waals surface area (Å²) in [4.78, 5) is 14.1. The number of rotatable bonds is 2. The number of halogens is 1. The maximum atomic E-state index is 10.4. The maximum Gasteiger partial charge on any atom is 0.325 e. The quantitative estimate of drug-likeness (QED) is 0.671. The van der Waals surface area contributed by atoms with Crippen molar-refractivity contribution in [1.82, 2.24) is 4.98 Å². The lowest BCUT2D eigenvalue weighted by molar-refractivity contribution is -0.138.